The van der Waals surface area contributed by atoms with Crippen molar-refractivity contribution in [1.29, 1.82) is 5.26 Å². The van der Waals surface area contributed by atoms with Gasteiger partial charge in [0.2, 0.25) is 0 Å². The highest BCUT2D eigenvalue weighted by molar-refractivity contribution is 5.92. The van der Waals surface area contributed by atoms with E-state index in [9.17, 15) is 4.79 Å². The molecule has 1 aliphatic heterocycles. The zero-order valence-electron chi connectivity index (χ0n) is 14.5. The molecule has 0 radical (unpaired) electrons. The summed E-state index contributed by atoms with van der Waals surface area (Å²) in [7, 11) is 1.90. The summed E-state index contributed by atoms with van der Waals surface area (Å²) in [5.74, 6) is 0.333. The van der Waals surface area contributed by atoms with E-state index in [2.05, 4.69) is 21.3 Å². The van der Waals surface area contributed by atoms with Gasteiger partial charge in [0, 0.05) is 39.1 Å². The lowest BCUT2D eigenvalue weighted by atomic mass is 9.97. The fraction of sp³-hybridized carbons (Fsp3) is 0.421. The number of carbonyl (C=O) groups excluding carboxylic acids is 1. The average Bonchev–Trinajstić information content (AvgIpc) is 3.00. The lowest BCUT2D eigenvalue weighted by Gasteiger charge is -2.32. The Balaban J connectivity index is 1.51. The summed E-state index contributed by atoms with van der Waals surface area (Å²) in [6.07, 6.45) is 5.90. The van der Waals surface area contributed by atoms with Crippen molar-refractivity contribution in [3.8, 4) is 6.07 Å². The zero-order valence-corrected chi connectivity index (χ0v) is 14.5. The fourth-order valence-electron chi connectivity index (χ4n) is 3.37. The highest BCUT2D eigenvalue weighted by Crippen LogP contribution is 2.19. The van der Waals surface area contributed by atoms with Gasteiger partial charge in [-0.1, -0.05) is 6.07 Å². The Kier molecular flexibility index (Phi) is 5.46. The Labute approximate surface area is 148 Å². The summed E-state index contributed by atoms with van der Waals surface area (Å²) in [6, 6.07) is 9.50. The monoisotopic (exact) mass is 337 g/mol. The van der Waals surface area contributed by atoms with Gasteiger partial charge in [-0.05, 0) is 49.1 Å². The summed E-state index contributed by atoms with van der Waals surface area (Å²) in [6.45, 7) is 3.53. The topological polar surface area (TPSA) is 73.9 Å². The van der Waals surface area contributed by atoms with Crippen molar-refractivity contribution in [2.75, 3.05) is 19.6 Å². The molecule has 0 saturated carbocycles. The maximum Gasteiger partial charge on any atom is 0.269 e. The molecule has 3 heterocycles. The third kappa shape index (κ3) is 4.46. The number of hydrogen-bond acceptors (Lipinski definition) is 4. The second-order valence-electron chi connectivity index (χ2n) is 6.62. The van der Waals surface area contributed by atoms with Crippen LogP contribution in [0, 0.1) is 17.2 Å². The number of piperidine rings is 1. The maximum atomic E-state index is 12.1. The largest absolute Gasteiger partial charge is 0.350 e. The maximum absolute atomic E-state index is 12.1. The number of carbonyl (C=O) groups is 1. The molecular weight excluding hydrogens is 314 g/mol. The van der Waals surface area contributed by atoms with Gasteiger partial charge < -0.3 is 9.88 Å². The number of hydrogen-bond donors (Lipinski definition) is 1. The summed E-state index contributed by atoms with van der Waals surface area (Å²) in [5.41, 5.74) is 2.31. The number of amides is 1. The summed E-state index contributed by atoms with van der Waals surface area (Å²) >= 11 is 0. The lowest BCUT2D eigenvalue weighted by Crippen LogP contribution is -2.40. The first-order valence-corrected chi connectivity index (χ1v) is 8.62. The van der Waals surface area contributed by atoms with Crippen LogP contribution in [0.1, 0.15) is 34.6 Å². The van der Waals surface area contributed by atoms with E-state index in [4.69, 9.17) is 5.26 Å². The van der Waals surface area contributed by atoms with E-state index < -0.39 is 0 Å². The summed E-state index contributed by atoms with van der Waals surface area (Å²) in [5, 5.41) is 12.1. The number of likely N-dealkylation sites (tertiary alicyclic amines) is 1. The Morgan fingerprint density at radius 2 is 2.36 bits per heavy atom. The molecule has 0 aliphatic carbocycles. The first kappa shape index (κ1) is 17.2. The molecule has 6 heteroatoms. The summed E-state index contributed by atoms with van der Waals surface area (Å²) < 4.78 is 1.86. The van der Waals surface area contributed by atoms with Crippen molar-refractivity contribution in [1.82, 2.24) is 19.8 Å². The van der Waals surface area contributed by atoms with E-state index in [0.29, 0.717) is 23.9 Å². The number of nitrogens with zero attached hydrogens (tertiary/aromatic N) is 4. The van der Waals surface area contributed by atoms with Crippen molar-refractivity contribution < 1.29 is 4.79 Å². The van der Waals surface area contributed by atoms with Crippen LogP contribution < -0.4 is 5.32 Å². The van der Waals surface area contributed by atoms with Gasteiger partial charge in [-0.25, -0.2) is 0 Å². The Hall–Kier alpha value is -2.65. The molecule has 3 rings (SSSR count). The molecule has 130 valence electrons. The van der Waals surface area contributed by atoms with Gasteiger partial charge in [-0.2, -0.15) is 5.26 Å². The van der Waals surface area contributed by atoms with Gasteiger partial charge >= 0.3 is 0 Å². The predicted octanol–water partition coefficient (Wildman–Crippen LogP) is 1.93. The van der Waals surface area contributed by atoms with Crippen molar-refractivity contribution >= 4 is 5.91 Å². The van der Waals surface area contributed by atoms with E-state index in [1.54, 1.807) is 18.3 Å². The molecule has 0 spiro atoms. The van der Waals surface area contributed by atoms with Crippen LogP contribution >= 0.6 is 0 Å². The molecule has 6 nitrogen and oxygen atoms in total. The van der Waals surface area contributed by atoms with Crippen LogP contribution in [0.2, 0.25) is 0 Å². The molecule has 1 aliphatic rings. The molecule has 1 fully saturated rings. The fourth-order valence-corrected chi connectivity index (χ4v) is 3.37. The number of rotatable bonds is 5. The number of aromatic nitrogens is 2. The van der Waals surface area contributed by atoms with Crippen LogP contribution in [0.15, 0.2) is 36.7 Å². The van der Waals surface area contributed by atoms with Crippen LogP contribution in [0.25, 0.3) is 0 Å². The normalized spacial score (nSPS) is 17.8. The smallest absolute Gasteiger partial charge is 0.269 e. The van der Waals surface area contributed by atoms with Crippen molar-refractivity contribution in [3.05, 3.63) is 53.6 Å². The third-order valence-electron chi connectivity index (χ3n) is 4.63. The van der Waals surface area contributed by atoms with E-state index in [0.717, 1.165) is 38.0 Å². The first-order valence-electron chi connectivity index (χ1n) is 8.62. The molecule has 1 atom stereocenters. The number of aryl methyl sites for hydroxylation is 1. The zero-order chi connectivity index (χ0) is 17.6. The van der Waals surface area contributed by atoms with Gasteiger partial charge in [0.05, 0.1) is 0 Å². The number of nitrogens with one attached hydrogen (secondary N) is 1. The Morgan fingerprint density at radius 3 is 3.08 bits per heavy atom. The Morgan fingerprint density at radius 1 is 1.48 bits per heavy atom. The molecule has 1 amide bonds. The van der Waals surface area contributed by atoms with E-state index in [-0.39, 0.29) is 5.91 Å². The molecule has 0 aromatic carbocycles. The van der Waals surface area contributed by atoms with Gasteiger partial charge in [0.1, 0.15) is 17.5 Å². The Bertz CT molecular complexity index is 762. The molecule has 1 saturated heterocycles. The lowest BCUT2D eigenvalue weighted by molar-refractivity contribution is 0.0925. The molecule has 2 aromatic heterocycles. The van der Waals surface area contributed by atoms with Crippen LogP contribution in [0.5, 0.6) is 0 Å². The molecular formula is C19H23N5O. The highest BCUT2D eigenvalue weighted by atomic mass is 16.1. The van der Waals surface area contributed by atoms with Gasteiger partial charge in [-0.15, -0.1) is 0 Å². The minimum Gasteiger partial charge on any atom is -0.350 e. The van der Waals surface area contributed by atoms with Crippen LogP contribution in [0.4, 0.5) is 0 Å². The molecule has 2 aromatic rings. The highest BCUT2D eigenvalue weighted by Gasteiger charge is 2.21. The van der Waals surface area contributed by atoms with Gasteiger partial charge in [-0.3, -0.25) is 14.7 Å². The molecule has 0 bridgehead atoms. The minimum absolute atomic E-state index is 0.112. The first-order chi connectivity index (χ1) is 12.2. The van der Waals surface area contributed by atoms with Crippen LogP contribution in [-0.4, -0.2) is 40.0 Å². The van der Waals surface area contributed by atoms with Crippen LogP contribution in [0.3, 0.4) is 0 Å². The predicted molar refractivity (Wildman–Crippen MR) is 94.7 cm³/mol. The number of nitriles is 1. The van der Waals surface area contributed by atoms with Gasteiger partial charge in [0.15, 0.2) is 0 Å². The quantitative estimate of drug-likeness (QED) is 0.905. The van der Waals surface area contributed by atoms with Crippen LogP contribution in [-0.2, 0) is 13.6 Å². The van der Waals surface area contributed by atoms with Crippen molar-refractivity contribution in [2.45, 2.75) is 19.4 Å². The molecule has 1 N–H and O–H groups in total. The van der Waals surface area contributed by atoms with Gasteiger partial charge in [0.25, 0.3) is 5.91 Å². The van der Waals surface area contributed by atoms with E-state index in [1.807, 2.05) is 29.9 Å². The third-order valence-corrected chi connectivity index (χ3v) is 4.63. The SMILES string of the molecule is Cn1cc(CN2CCCC(CNC(=O)c3ccccn3)C2)cc1C#N. The van der Waals surface area contributed by atoms with Crippen molar-refractivity contribution in [3.63, 3.8) is 0 Å². The van der Waals surface area contributed by atoms with E-state index >= 15 is 0 Å². The van der Waals surface area contributed by atoms with E-state index in [1.165, 1.54) is 0 Å². The standard InChI is InChI=1S/C19H23N5O/c1-23-12-16(9-17(23)10-20)14-24-8-4-5-15(13-24)11-22-19(25)18-6-2-3-7-21-18/h2-3,6-7,9,12,15H,4-5,8,11,13-14H2,1H3,(H,22,25). The molecule has 25 heavy (non-hydrogen) atoms. The summed E-state index contributed by atoms with van der Waals surface area (Å²) in [4.78, 5) is 18.6. The second kappa shape index (κ2) is 7.95. The second-order valence-corrected chi connectivity index (χ2v) is 6.62. The minimum atomic E-state index is -0.112. The number of pyridine rings is 1. The average molecular weight is 337 g/mol. The van der Waals surface area contributed by atoms with Crippen molar-refractivity contribution in [2.24, 2.45) is 13.0 Å². The molecule has 1 unspecified atom stereocenters.